The maximum Gasteiger partial charge on any atom is 0.119 e. The molecule has 1 saturated heterocycles. The molecule has 16 heavy (non-hydrogen) atoms. The summed E-state index contributed by atoms with van der Waals surface area (Å²) in [5.74, 6) is 3.34. The first-order valence-electron chi connectivity index (χ1n) is 5.73. The molecule has 1 aromatic rings. The molecule has 2 N–H and O–H groups in total. The Morgan fingerprint density at radius 2 is 2.38 bits per heavy atom. The first kappa shape index (κ1) is 11.8. The monoisotopic (exact) mass is 237 g/mol. The van der Waals surface area contributed by atoms with Gasteiger partial charge in [0, 0.05) is 17.7 Å². The van der Waals surface area contributed by atoms with Crippen LogP contribution in [0.3, 0.4) is 0 Å². The summed E-state index contributed by atoms with van der Waals surface area (Å²) in [6, 6.07) is 8.37. The Balaban J connectivity index is 2.31. The standard InChI is InChI=1S/C13H19NOS/c1-15-12-5-2-4-11(8-12)13(9-14)6-3-7-16-10-13/h2,4-5,8H,3,6-7,9-10,14H2,1H3. The topological polar surface area (TPSA) is 35.2 Å². The normalized spacial score (nSPS) is 25.4. The molecule has 2 nitrogen and oxygen atoms in total. The highest BCUT2D eigenvalue weighted by Gasteiger charge is 2.33. The number of rotatable bonds is 3. The van der Waals surface area contributed by atoms with Gasteiger partial charge in [0.2, 0.25) is 0 Å². The van der Waals surface area contributed by atoms with E-state index in [9.17, 15) is 0 Å². The minimum absolute atomic E-state index is 0.164. The van der Waals surface area contributed by atoms with E-state index in [0.29, 0.717) is 0 Å². The molecule has 0 aliphatic carbocycles. The van der Waals surface area contributed by atoms with E-state index in [0.717, 1.165) is 18.0 Å². The summed E-state index contributed by atoms with van der Waals surface area (Å²) in [5, 5.41) is 0. The lowest BCUT2D eigenvalue weighted by Crippen LogP contribution is -2.39. The second-order valence-corrected chi connectivity index (χ2v) is 5.48. The van der Waals surface area contributed by atoms with Gasteiger partial charge in [0.25, 0.3) is 0 Å². The fourth-order valence-corrected chi connectivity index (χ4v) is 3.62. The molecule has 1 aliphatic rings. The molecule has 1 aromatic carbocycles. The summed E-state index contributed by atoms with van der Waals surface area (Å²) >= 11 is 2.01. The molecule has 0 amide bonds. The highest BCUT2D eigenvalue weighted by Crippen LogP contribution is 2.37. The Hall–Kier alpha value is -0.670. The van der Waals surface area contributed by atoms with Gasteiger partial charge in [0.1, 0.15) is 5.75 Å². The van der Waals surface area contributed by atoms with Crippen LogP contribution in [-0.2, 0) is 5.41 Å². The van der Waals surface area contributed by atoms with Crippen molar-refractivity contribution in [2.24, 2.45) is 5.73 Å². The van der Waals surface area contributed by atoms with E-state index in [-0.39, 0.29) is 5.41 Å². The molecule has 0 bridgehead atoms. The molecule has 0 spiro atoms. The van der Waals surface area contributed by atoms with E-state index in [1.54, 1.807) is 7.11 Å². The minimum atomic E-state index is 0.164. The lowest BCUT2D eigenvalue weighted by molar-refractivity contribution is 0.406. The smallest absolute Gasteiger partial charge is 0.119 e. The van der Waals surface area contributed by atoms with Crippen LogP contribution in [0.15, 0.2) is 24.3 Å². The third-order valence-electron chi connectivity index (χ3n) is 3.40. The molecular formula is C13H19NOS. The third-order valence-corrected chi connectivity index (χ3v) is 4.73. The Labute approximate surface area is 102 Å². The number of thioether (sulfide) groups is 1. The molecule has 1 heterocycles. The molecule has 88 valence electrons. The first-order chi connectivity index (χ1) is 7.80. The minimum Gasteiger partial charge on any atom is -0.497 e. The lowest BCUT2D eigenvalue weighted by atomic mass is 9.78. The molecular weight excluding hydrogens is 218 g/mol. The van der Waals surface area contributed by atoms with Crippen molar-refractivity contribution in [3.05, 3.63) is 29.8 Å². The third kappa shape index (κ3) is 2.20. The second-order valence-electron chi connectivity index (χ2n) is 4.37. The maximum absolute atomic E-state index is 6.01. The summed E-state index contributed by atoms with van der Waals surface area (Å²) in [5.41, 5.74) is 7.51. The van der Waals surface area contributed by atoms with Crippen LogP contribution in [0.2, 0.25) is 0 Å². The fourth-order valence-electron chi connectivity index (χ4n) is 2.31. The second kappa shape index (κ2) is 5.11. The van der Waals surface area contributed by atoms with Crippen LogP contribution < -0.4 is 10.5 Å². The lowest BCUT2D eigenvalue weighted by Gasteiger charge is -2.36. The molecule has 0 radical (unpaired) electrons. The molecule has 0 aromatic heterocycles. The SMILES string of the molecule is COc1cccc(C2(CN)CCCSC2)c1. The summed E-state index contributed by atoms with van der Waals surface area (Å²) in [4.78, 5) is 0. The predicted molar refractivity (Wildman–Crippen MR) is 70.3 cm³/mol. The van der Waals surface area contributed by atoms with Crippen molar-refractivity contribution in [2.45, 2.75) is 18.3 Å². The average Bonchev–Trinajstić information content (AvgIpc) is 2.39. The number of benzene rings is 1. The highest BCUT2D eigenvalue weighted by molar-refractivity contribution is 7.99. The highest BCUT2D eigenvalue weighted by atomic mass is 32.2. The van der Waals surface area contributed by atoms with Gasteiger partial charge in [-0.2, -0.15) is 11.8 Å². The van der Waals surface area contributed by atoms with Crippen molar-refractivity contribution in [2.75, 3.05) is 25.2 Å². The summed E-state index contributed by atoms with van der Waals surface area (Å²) in [6.45, 7) is 0.729. The number of methoxy groups -OCH3 is 1. The van der Waals surface area contributed by atoms with E-state index in [2.05, 4.69) is 18.2 Å². The zero-order valence-corrected chi connectivity index (χ0v) is 10.6. The number of ether oxygens (including phenoxy) is 1. The van der Waals surface area contributed by atoms with E-state index in [4.69, 9.17) is 10.5 Å². The van der Waals surface area contributed by atoms with Gasteiger partial charge in [0.05, 0.1) is 7.11 Å². The summed E-state index contributed by atoms with van der Waals surface area (Å²) in [6.07, 6.45) is 2.46. The van der Waals surface area contributed by atoms with Crippen molar-refractivity contribution < 1.29 is 4.74 Å². The molecule has 2 rings (SSSR count). The largest absolute Gasteiger partial charge is 0.497 e. The van der Waals surface area contributed by atoms with Crippen LogP contribution in [0.1, 0.15) is 18.4 Å². The average molecular weight is 237 g/mol. The van der Waals surface area contributed by atoms with Gasteiger partial charge >= 0.3 is 0 Å². The van der Waals surface area contributed by atoms with Gasteiger partial charge < -0.3 is 10.5 Å². The van der Waals surface area contributed by atoms with Gasteiger partial charge in [-0.1, -0.05) is 12.1 Å². The summed E-state index contributed by atoms with van der Waals surface area (Å²) in [7, 11) is 1.71. The molecule has 1 atom stereocenters. The number of nitrogens with two attached hydrogens (primary N) is 1. The van der Waals surface area contributed by atoms with Crippen molar-refractivity contribution in [1.82, 2.24) is 0 Å². The van der Waals surface area contributed by atoms with E-state index in [1.807, 2.05) is 17.8 Å². The molecule has 1 unspecified atom stereocenters. The zero-order chi connectivity index (χ0) is 11.4. The Morgan fingerprint density at radius 3 is 3.00 bits per heavy atom. The van der Waals surface area contributed by atoms with Crippen molar-refractivity contribution in [1.29, 1.82) is 0 Å². The van der Waals surface area contributed by atoms with E-state index < -0.39 is 0 Å². The summed E-state index contributed by atoms with van der Waals surface area (Å²) < 4.78 is 5.29. The molecule has 0 saturated carbocycles. The van der Waals surface area contributed by atoms with Crippen LogP contribution in [0.25, 0.3) is 0 Å². The van der Waals surface area contributed by atoms with Gasteiger partial charge in [-0.3, -0.25) is 0 Å². The molecule has 1 fully saturated rings. The van der Waals surface area contributed by atoms with Gasteiger partial charge in [-0.05, 0) is 36.3 Å². The van der Waals surface area contributed by atoms with Crippen LogP contribution in [0, 0.1) is 0 Å². The van der Waals surface area contributed by atoms with Gasteiger partial charge in [-0.25, -0.2) is 0 Å². The molecule has 1 aliphatic heterocycles. The van der Waals surface area contributed by atoms with Crippen molar-refractivity contribution in [3.63, 3.8) is 0 Å². The quantitative estimate of drug-likeness (QED) is 0.877. The van der Waals surface area contributed by atoms with Crippen LogP contribution in [0.5, 0.6) is 5.75 Å². The predicted octanol–water partition coefficient (Wildman–Crippen LogP) is 2.42. The van der Waals surface area contributed by atoms with E-state index in [1.165, 1.54) is 24.2 Å². The number of hydrogen-bond acceptors (Lipinski definition) is 3. The van der Waals surface area contributed by atoms with Gasteiger partial charge in [-0.15, -0.1) is 0 Å². The van der Waals surface area contributed by atoms with E-state index >= 15 is 0 Å². The first-order valence-corrected chi connectivity index (χ1v) is 6.88. The Morgan fingerprint density at radius 1 is 1.50 bits per heavy atom. The van der Waals surface area contributed by atoms with Crippen molar-refractivity contribution >= 4 is 11.8 Å². The van der Waals surface area contributed by atoms with Crippen LogP contribution in [0.4, 0.5) is 0 Å². The van der Waals surface area contributed by atoms with Crippen LogP contribution in [-0.4, -0.2) is 25.2 Å². The fraction of sp³-hybridized carbons (Fsp3) is 0.538. The van der Waals surface area contributed by atoms with Crippen molar-refractivity contribution in [3.8, 4) is 5.75 Å². The molecule has 3 heteroatoms. The maximum atomic E-state index is 6.01. The Kier molecular flexibility index (Phi) is 3.77. The van der Waals surface area contributed by atoms with Gasteiger partial charge in [0.15, 0.2) is 0 Å². The Bertz CT molecular complexity index is 348. The number of hydrogen-bond donors (Lipinski definition) is 1. The van der Waals surface area contributed by atoms with Crippen LogP contribution >= 0.6 is 11.8 Å². The zero-order valence-electron chi connectivity index (χ0n) is 9.74.